The lowest BCUT2D eigenvalue weighted by atomic mass is 9.88. The van der Waals surface area contributed by atoms with Gasteiger partial charge in [0.2, 0.25) is 5.91 Å². The zero-order valence-electron chi connectivity index (χ0n) is 23.0. The van der Waals surface area contributed by atoms with Crippen molar-refractivity contribution in [2.45, 2.75) is 64.3 Å². The first-order chi connectivity index (χ1) is 19.4. The summed E-state index contributed by atoms with van der Waals surface area (Å²) in [6, 6.07) is 11.6. The second-order valence-corrected chi connectivity index (χ2v) is 11.2. The number of imidazole rings is 1. The Bertz CT molecular complexity index is 1400. The van der Waals surface area contributed by atoms with Crippen LogP contribution in [0.5, 0.6) is 5.75 Å². The minimum atomic E-state index is -0.452. The Morgan fingerprint density at radius 1 is 1.10 bits per heavy atom. The van der Waals surface area contributed by atoms with Crippen LogP contribution in [0.15, 0.2) is 42.6 Å². The molecule has 3 aromatic rings. The molecule has 6 rings (SSSR count). The zero-order chi connectivity index (χ0) is 27.8. The number of carbonyl (C=O) groups is 2. The van der Waals surface area contributed by atoms with Crippen LogP contribution >= 0.6 is 0 Å². The van der Waals surface area contributed by atoms with Crippen LogP contribution < -0.4 is 15.0 Å². The molecule has 0 spiro atoms. The van der Waals surface area contributed by atoms with Gasteiger partial charge in [0, 0.05) is 33.1 Å². The molecule has 4 heterocycles. The molecule has 1 aliphatic carbocycles. The van der Waals surface area contributed by atoms with Crippen LogP contribution in [0.1, 0.15) is 61.9 Å². The highest BCUT2D eigenvalue weighted by molar-refractivity contribution is 6.05. The summed E-state index contributed by atoms with van der Waals surface area (Å²) in [7, 11) is 1.83. The minimum Gasteiger partial charge on any atom is -0.490 e. The number of fused-ring (bicyclic) bond motifs is 1. The largest absolute Gasteiger partial charge is 0.490 e. The Morgan fingerprint density at radius 2 is 1.90 bits per heavy atom. The summed E-state index contributed by atoms with van der Waals surface area (Å²) in [5.74, 6) is 2.43. The monoisotopic (exact) mass is 544 g/mol. The van der Waals surface area contributed by atoms with E-state index >= 15 is 0 Å². The highest BCUT2D eigenvalue weighted by atomic mass is 16.5. The molecular weight excluding hydrogens is 508 g/mol. The van der Waals surface area contributed by atoms with Gasteiger partial charge in [0.05, 0.1) is 24.5 Å². The number of amides is 3. The number of carbonyl (C=O) groups excluding carboxylic acids is 2. The van der Waals surface area contributed by atoms with Crippen molar-refractivity contribution < 1.29 is 19.4 Å². The first-order valence-corrected chi connectivity index (χ1v) is 14.1. The Morgan fingerprint density at radius 3 is 2.65 bits per heavy atom. The molecule has 3 amide bonds. The third-order valence-corrected chi connectivity index (χ3v) is 8.47. The van der Waals surface area contributed by atoms with Crippen LogP contribution in [0.4, 0.5) is 10.6 Å². The summed E-state index contributed by atoms with van der Waals surface area (Å²) < 4.78 is 8.10. The van der Waals surface area contributed by atoms with E-state index < -0.39 is 6.03 Å². The van der Waals surface area contributed by atoms with Crippen molar-refractivity contribution in [3.8, 4) is 17.3 Å². The third-order valence-electron chi connectivity index (χ3n) is 8.47. The molecule has 0 unspecified atom stereocenters. The van der Waals surface area contributed by atoms with Gasteiger partial charge >= 0.3 is 6.03 Å². The standard InChI is InChI=1S/C30H36N6O4/c1-19-5-3-4-6-25(19)40-22-10-7-20(8-11-22)16-35-17-21-9-12-23(32-28(21)24(35)18-37)29-31-15-27(34(29)2)36-14-13-26(38)33-30(36)39/h7-12,15,19,24-25,37H,3-6,13-14,16-18H2,1-2H3,(H,33,38,39)/t19-,24-,25+/m0/s1. The van der Waals surface area contributed by atoms with Gasteiger partial charge < -0.3 is 14.4 Å². The number of aliphatic hydroxyl groups excluding tert-OH is 1. The van der Waals surface area contributed by atoms with E-state index in [1.165, 1.54) is 24.2 Å². The maximum Gasteiger partial charge on any atom is 0.329 e. The summed E-state index contributed by atoms with van der Waals surface area (Å²) in [5.41, 5.74) is 3.75. The van der Waals surface area contributed by atoms with E-state index in [4.69, 9.17) is 9.72 Å². The van der Waals surface area contributed by atoms with Crippen molar-refractivity contribution in [3.63, 3.8) is 0 Å². The highest BCUT2D eigenvalue weighted by Crippen LogP contribution is 2.36. The maximum absolute atomic E-state index is 12.3. The number of urea groups is 1. The lowest BCUT2D eigenvalue weighted by molar-refractivity contribution is -0.120. The van der Waals surface area contributed by atoms with E-state index in [0.29, 0.717) is 49.0 Å². The summed E-state index contributed by atoms with van der Waals surface area (Å²) in [6.07, 6.45) is 7.04. The van der Waals surface area contributed by atoms with Gasteiger partial charge in [-0.25, -0.2) is 14.8 Å². The summed E-state index contributed by atoms with van der Waals surface area (Å²) >= 11 is 0. The van der Waals surface area contributed by atoms with Crippen LogP contribution in [-0.4, -0.2) is 55.7 Å². The van der Waals surface area contributed by atoms with E-state index in [0.717, 1.165) is 29.0 Å². The van der Waals surface area contributed by atoms with E-state index in [9.17, 15) is 14.7 Å². The van der Waals surface area contributed by atoms with Gasteiger partial charge in [0.1, 0.15) is 23.4 Å². The average Bonchev–Trinajstić information content (AvgIpc) is 3.50. The van der Waals surface area contributed by atoms with Crippen molar-refractivity contribution in [2.24, 2.45) is 13.0 Å². The number of imide groups is 1. The van der Waals surface area contributed by atoms with E-state index in [1.54, 1.807) is 6.20 Å². The molecule has 1 saturated carbocycles. The Kier molecular flexibility index (Phi) is 7.29. The summed E-state index contributed by atoms with van der Waals surface area (Å²) in [5, 5.41) is 12.7. The molecule has 2 N–H and O–H groups in total. The first-order valence-electron chi connectivity index (χ1n) is 14.1. The molecule has 40 heavy (non-hydrogen) atoms. The molecule has 10 nitrogen and oxygen atoms in total. The van der Waals surface area contributed by atoms with E-state index in [2.05, 4.69) is 46.4 Å². The fourth-order valence-electron chi connectivity index (χ4n) is 6.13. The molecule has 3 atom stereocenters. The van der Waals surface area contributed by atoms with Gasteiger partial charge in [-0.05, 0) is 54.5 Å². The second kappa shape index (κ2) is 11.0. The number of benzene rings is 1. The Labute approximate surface area is 234 Å². The van der Waals surface area contributed by atoms with Crippen LogP contribution in [0.25, 0.3) is 11.5 Å². The van der Waals surface area contributed by atoms with Crippen molar-refractivity contribution >= 4 is 17.8 Å². The number of ether oxygens (including phenoxy) is 1. The number of nitrogens with one attached hydrogen (secondary N) is 1. The predicted molar refractivity (Wildman–Crippen MR) is 150 cm³/mol. The summed E-state index contributed by atoms with van der Waals surface area (Å²) in [4.78, 5) is 37.1. The number of hydrogen-bond donors (Lipinski definition) is 2. The molecule has 210 valence electrons. The van der Waals surface area contributed by atoms with Gasteiger partial charge in [0.15, 0.2) is 5.82 Å². The first kappa shape index (κ1) is 26.5. The lowest BCUT2D eigenvalue weighted by Crippen LogP contribution is -2.50. The molecule has 2 fully saturated rings. The number of aromatic nitrogens is 3. The molecule has 0 bridgehead atoms. The van der Waals surface area contributed by atoms with E-state index in [1.807, 2.05) is 23.7 Å². The van der Waals surface area contributed by atoms with Crippen molar-refractivity contribution in [2.75, 3.05) is 18.1 Å². The average molecular weight is 545 g/mol. The minimum absolute atomic E-state index is 0.0436. The van der Waals surface area contributed by atoms with Gasteiger partial charge in [-0.2, -0.15) is 0 Å². The quantitative estimate of drug-likeness (QED) is 0.463. The summed E-state index contributed by atoms with van der Waals surface area (Å²) in [6.45, 7) is 3.92. The lowest BCUT2D eigenvalue weighted by Gasteiger charge is -2.29. The SMILES string of the molecule is C[C@H]1CCCC[C@H]1Oc1ccc(CN2Cc3ccc(-c4ncc(N5CCC(=O)NC5=O)n4C)nc3[C@@H]2CO)cc1. The molecule has 2 aromatic heterocycles. The van der Waals surface area contributed by atoms with Gasteiger partial charge in [-0.15, -0.1) is 0 Å². The van der Waals surface area contributed by atoms with Gasteiger partial charge in [0.25, 0.3) is 0 Å². The molecule has 2 aliphatic heterocycles. The molecule has 1 saturated heterocycles. The van der Waals surface area contributed by atoms with Crippen molar-refractivity contribution in [3.05, 3.63) is 59.4 Å². The molecular formula is C30H36N6O4. The number of anilines is 1. The number of rotatable bonds is 7. The van der Waals surface area contributed by atoms with E-state index in [-0.39, 0.29) is 25.0 Å². The topological polar surface area (TPSA) is 113 Å². The van der Waals surface area contributed by atoms with Gasteiger partial charge in [-0.1, -0.05) is 31.5 Å². The van der Waals surface area contributed by atoms with Crippen LogP contribution in [0, 0.1) is 5.92 Å². The third kappa shape index (κ3) is 5.09. The maximum atomic E-state index is 12.3. The predicted octanol–water partition coefficient (Wildman–Crippen LogP) is 3.94. The second-order valence-electron chi connectivity index (χ2n) is 11.2. The zero-order valence-corrected chi connectivity index (χ0v) is 23.0. The van der Waals surface area contributed by atoms with Gasteiger partial charge in [-0.3, -0.25) is 19.9 Å². The van der Waals surface area contributed by atoms with Crippen LogP contribution in [0.2, 0.25) is 0 Å². The van der Waals surface area contributed by atoms with Crippen LogP contribution in [0.3, 0.4) is 0 Å². The smallest absolute Gasteiger partial charge is 0.329 e. The highest BCUT2D eigenvalue weighted by Gasteiger charge is 2.33. The number of nitrogens with zero attached hydrogens (tertiary/aromatic N) is 5. The normalized spacial score (nSPS) is 23.3. The molecule has 10 heteroatoms. The Balaban J connectivity index is 1.16. The number of aliphatic hydroxyl groups is 1. The van der Waals surface area contributed by atoms with Crippen molar-refractivity contribution in [1.82, 2.24) is 24.8 Å². The fraction of sp³-hybridized carbons (Fsp3) is 0.467. The number of pyridine rings is 1. The Hall–Kier alpha value is -3.76. The molecule has 1 aromatic carbocycles. The van der Waals surface area contributed by atoms with Crippen LogP contribution in [-0.2, 0) is 24.9 Å². The fourth-order valence-corrected chi connectivity index (χ4v) is 6.13. The molecule has 0 radical (unpaired) electrons. The van der Waals surface area contributed by atoms with Crippen molar-refractivity contribution in [1.29, 1.82) is 0 Å². The number of hydrogen-bond acceptors (Lipinski definition) is 7. The molecule has 3 aliphatic rings.